The Morgan fingerprint density at radius 3 is 1.40 bits per heavy atom. The minimum atomic E-state index is 0.730. The van der Waals surface area contributed by atoms with Crippen LogP contribution in [-0.4, -0.2) is 20.4 Å². The fourth-order valence-electron chi connectivity index (χ4n) is 3.61. The lowest BCUT2D eigenvalue weighted by molar-refractivity contribution is 1.01. The van der Waals surface area contributed by atoms with E-state index in [1.165, 1.54) is 0 Å². The summed E-state index contributed by atoms with van der Waals surface area (Å²) in [5, 5.41) is 28.4. The fourth-order valence-corrected chi connectivity index (χ4v) is 3.61. The lowest BCUT2D eigenvalue weighted by Crippen LogP contribution is -2.01. The number of hydrogen-bond donors (Lipinski definition) is 2. The van der Waals surface area contributed by atoms with Gasteiger partial charge in [0.15, 0.2) is 11.6 Å². The number of nitrogens with one attached hydrogen (secondary N) is 2. The molecule has 0 amide bonds. The topological polar surface area (TPSA) is 75.6 Å². The fraction of sp³-hybridized carbons (Fsp3) is 0.0833. The van der Waals surface area contributed by atoms with Crippen molar-refractivity contribution in [1.82, 2.24) is 20.4 Å². The van der Waals surface area contributed by atoms with Crippen molar-refractivity contribution in [2.75, 3.05) is 10.6 Å². The molecule has 2 heterocycles. The van der Waals surface area contributed by atoms with Crippen LogP contribution in [0.3, 0.4) is 0 Å². The number of anilines is 4. The standard InChI is InChI=1S/C24H20N6/c1-15-19-10-3-5-12-21(19)23(29-27-15)25-17-8-7-9-18(14-17)26-24-22-13-6-4-11-20(22)16(2)28-30-24/h3-14H,1-2H3,(H,25,29)(H,26,30). The van der Waals surface area contributed by atoms with Crippen LogP contribution in [-0.2, 0) is 0 Å². The van der Waals surface area contributed by atoms with Gasteiger partial charge in [0.2, 0.25) is 0 Å². The zero-order chi connectivity index (χ0) is 20.5. The molecular formula is C24H20N6. The summed E-state index contributed by atoms with van der Waals surface area (Å²) >= 11 is 0. The van der Waals surface area contributed by atoms with Gasteiger partial charge in [0.05, 0.1) is 11.4 Å². The first kappa shape index (κ1) is 18.0. The molecule has 6 nitrogen and oxygen atoms in total. The van der Waals surface area contributed by atoms with Crippen LogP contribution in [0.1, 0.15) is 11.4 Å². The molecule has 6 heteroatoms. The predicted molar refractivity (Wildman–Crippen MR) is 122 cm³/mol. The summed E-state index contributed by atoms with van der Waals surface area (Å²) < 4.78 is 0. The molecule has 5 aromatic rings. The van der Waals surface area contributed by atoms with E-state index in [1.54, 1.807) is 0 Å². The molecule has 0 fully saturated rings. The molecule has 0 atom stereocenters. The molecular weight excluding hydrogens is 372 g/mol. The highest BCUT2D eigenvalue weighted by Crippen LogP contribution is 2.29. The first-order chi connectivity index (χ1) is 14.7. The van der Waals surface area contributed by atoms with Crippen LogP contribution in [0, 0.1) is 13.8 Å². The molecule has 0 aliphatic heterocycles. The third kappa shape index (κ3) is 3.28. The zero-order valence-corrected chi connectivity index (χ0v) is 16.7. The van der Waals surface area contributed by atoms with Crippen molar-refractivity contribution in [1.29, 1.82) is 0 Å². The van der Waals surface area contributed by atoms with Gasteiger partial charge in [-0.05, 0) is 32.0 Å². The van der Waals surface area contributed by atoms with Crippen LogP contribution in [0.5, 0.6) is 0 Å². The Hall–Kier alpha value is -4.06. The van der Waals surface area contributed by atoms with Crippen LogP contribution in [0.2, 0.25) is 0 Å². The Kier molecular flexibility index (Phi) is 4.44. The number of hydrogen-bond acceptors (Lipinski definition) is 6. The first-order valence-corrected chi connectivity index (χ1v) is 9.77. The molecule has 0 aliphatic carbocycles. The van der Waals surface area contributed by atoms with Gasteiger partial charge in [0.1, 0.15) is 0 Å². The highest BCUT2D eigenvalue weighted by Gasteiger charge is 2.09. The number of fused-ring (bicyclic) bond motifs is 2. The van der Waals surface area contributed by atoms with Crippen molar-refractivity contribution in [3.63, 3.8) is 0 Å². The van der Waals surface area contributed by atoms with E-state index in [9.17, 15) is 0 Å². The van der Waals surface area contributed by atoms with E-state index in [2.05, 4.69) is 55.3 Å². The Labute approximate surface area is 174 Å². The third-order valence-electron chi connectivity index (χ3n) is 5.13. The smallest absolute Gasteiger partial charge is 0.160 e. The molecule has 3 aromatic carbocycles. The molecule has 0 spiro atoms. The average Bonchev–Trinajstić information content (AvgIpc) is 2.78. The van der Waals surface area contributed by atoms with Crippen molar-refractivity contribution >= 4 is 44.6 Å². The van der Waals surface area contributed by atoms with Crippen LogP contribution in [0.25, 0.3) is 21.5 Å². The lowest BCUT2D eigenvalue weighted by atomic mass is 10.1. The molecule has 0 aliphatic rings. The number of nitrogens with zero attached hydrogens (tertiary/aromatic N) is 4. The van der Waals surface area contributed by atoms with Crippen molar-refractivity contribution in [3.05, 3.63) is 84.2 Å². The van der Waals surface area contributed by atoms with Gasteiger partial charge < -0.3 is 10.6 Å². The quantitative estimate of drug-likeness (QED) is 0.410. The third-order valence-corrected chi connectivity index (χ3v) is 5.13. The van der Waals surface area contributed by atoms with Crippen molar-refractivity contribution < 1.29 is 0 Å². The summed E-state index contributed by atoms with van der Waals surface area (Å²) in [7, 11) is 0. The second-order valence-electron chi connectivity index (χ2n) is 7.19. The maximum atomic E-state index is 4.36. The second kappa shape index (κ2) is 7.40. The van der Waals surface area contributed by atoms with E-state index in [1.807, 2.05) is 62.4 Å². The van der Waals surface area contributed by atoms with E-state index < -0.39 is 0 Å². The van der Waals surface area contributed by atoms with Crippen LogP contribution in [0.4, 0.5) is 23.0 Å². The van der Waals surface area contributed by atoms with E-state index >= 15 is 0 Å². The van der Waals surface area contributed by atoms with Gasteiger partial charge in [-0.2, -0.15) is 10.2 Å². The average molecular weight is 392 g/mol. The largest absolute Gasteiger partial charge is 0.338 e. The van der Waals surface area contributed by atoms with E-state index in [0.717, 1.165) is 55.9 Å². The zero-order valence-electron chi connectivity index (χ0n) is 16.7. The summed E-state index contributed by atoms with van der Waals surface area (Å²) in [6.45, 7) is 3.94. The summed E-state index contributed by atoms with van der Waals surface area (Å²) in [5.41, 5.74) is 3.65. The Bertz CT molecular complexity index is 1280. The normalized spacial score (nSPS) is 11.0. The summed E-state index contributed by atoms with van der Waals surface area (Å²) in [5.74, 6) is 1.46. The van der Waals surface area contributed by atoms with Crippen LogP contribution < -0.4 is 10.6 Å². The second-order valence-corrected chi connectivity index (χ2v) is 7.19. The number of aromatic nitrogens is 4. The van der Waals surface area contributed by atoms with Gasteiger partial charge in [0.25, 0.3) is 0 Å². The SMILES string of the molecule is Cc1nnc(Nc2cccc(Nc3nnc(C)c4ccccc34)c2)c2ccccc12. The lowest BCUT2D eigenvalue weighted by Gasteiger charge is -2.12. The van der Waals surface area contributed by atoms with E-state index in [0.29, 0.717) is 0 Å². The van der Waals surface area contributed by atoms with Crippen molar-refractivity contribution in [3.8, 4) is 0 Å². The predicted octanol–water partition coefficient (Wildman–Crippen LogP) is 5.68. The molecule has 146 valence electrons. The monoisotopic (exact) mass is 392 g/mol. The molecule has 30 heavy (non-hydrogen) atoms. The van der Waals surface area contributed by atoms with Gasteiger partial charge in [-0.25, -0.2) is 0 Å². The first-order valence-electron chi connectivity index (χ1n) is 9.77. The summed E-state index contributed by atoms with van der Waals surface area (Å²) in [6.07, 6.45) is 0. The Morgan fingerprint density at radius 2 is 0.933 bits per heavy atom. The number of benzene rings is 3. The van der Waals surface area contributed by atoms with Gasteiger partial charge in [-0.3, -0.25) is 0 Å². The molecule has 0 saturated carbocycles. The molecule has 0 saturated heterocycles. The molecule has 0 bridgehead atoms. The molecule has 0 unspecified atom stereocenters. The van der Waals surface area contributed by atoms with Crippen LogP contribution >= 0.6 is 0 Å². The van der Waals surface area contributed by atoms with Crippen LogP contribution in [0.15, 0.2) is 72.8 Å². The van der Waals surface area contributed by atoms with E-state index in [-0.39, 0.29) is 0 Å². The summed E-state index contributed by atoms with van der Waals surface area (Å²) in [6, 6.07) is 24.3. The summed E-state index contributed by atoms with van der Waals surface area (Å²) in [4.78, 5) is 0. The van der Waals surface area contributed by atoms with Crippen molar-refractivity contribution in [2.45, 2.75) is 13.8 Å². The van der Waals surface area contributed by atoms with Gasteiger partial charge in [-0.1, -0.05) is 54.6 Å². The molecule has 2 aromatic heterocycles. The highest BCUT2D eigenvalue weighted by atomic mass is 15.2. The highest BCUT2D eigenvalue weighted by molar-refractivity contribution is 5.95. The minimum absolute atomic E-state index is 0.730. The van der Waals surface area contributed by atoms with E-state index in [4.69, 9.17) is 0 Å². The van der Waals surface area contributed by atoms with Gasteiger partial charge in [0, 0.05) is 32.9 Å². The van der Waals surface area contributed by atoms with Crippen molar-refractivity contribution in [2.24, 2.45) is 0 Å². The maximum absolute atomic E-state index is 4.36. The van der Waals surface area contributed by atoms with Gasteiger partial charge in [-0.15, -0.1) is 10.2 Å². The molecule has 5 rings (SSSR count). The molecule has 0 radical (unpaired) electrons. The maximum Gasteiger partial charge on any atom is 0.160 e. The number of rotatable bonds is 4. The minimum Gasteiger partial charge on any atom is -0.338 e. The van der Waals surface area contributed by atoms with Gasteiger partial charge >= 0.3 is 0 Å². The molecule has 2 N–H and O–H groups in total. The number of aryl methyl sites for hydroxylation is 2. The Balaban J connectivity index is 1.48. The Morgan fingerprint density at radius 1 is 0.500 bits per heavy atom.